The molecule has 4 heteroatoms. The number of esters is 1. The number of carbonyl (C=O) groups excluding carboxylic acids is 2. The lowest BCUT2D eigenvalue weighted by Gasteiger charge is -2.08. The van der Waals surface area contributed by atoms with Crippen molar-refractivity contribution >= 4 is 23.5 Å². The van der Waals surface area contributed by atoms with E-state index >= 15 is 0 Å². The molecule has 0 bridgehead atoms. The second kappa shape index (κ2) is 6.91. The molecule has 0 aliphatic heterocycles. The zero-order chi connectivity index (χ0) is 14.4. The fourth-order valence-electron chi connectivity index (χ4n) is 1.79. The van der Waals surface area contributed by atoms with Crippen molar-refractivity contribution in [1.82, 2.24) is 0 Å². The van der Waals surface area contributed by atoms with Crippen molar-refractivity contribution in [2.75, 3.05) is 12.2 Å². The Bertz CT molecular complexity index is 608. The molecule has 0 amide bonds. The number of ketones is 1. The molecule has 2 aromatic carbocycles. The number of carbonyl (C=O) groups is 2. The topological polar surface area (TPSA) is 43.4 Å². The second-order valence-electron chi connectivity index (χ2n) is 4.08. The number of hydrogen-bond donors (Lipinski definition) is 0. The SMILES string of the molecule is CSCOC(=O)c1ccccc1C(=O)c1ccccc1. The summed E-state index contributed by atoms with van der Waals surface area (Å²) in [6.45, 7) is 0. The Morgan fingerprint density at radius 3 is 2.20 bits per heavy atom. The van der Waals surface area contributed by atoms with Gasteiger partial charge in [0.2, 0.25) is 0 Å². The lowest BCUT2D eigenvalue weighted by Crippen LogP contribution is -2.12. The first kappa shape index (κ1) is 14.3. The minimum absolute atomic E-state index is 0.178. The van der Waals surface area contributed by atoms with E-state index in [0.717, 1.165) is 0 Å². The van der Waals surface area contributed by atoms with E-state index in [9.17, 15) is 9.59 Å². The number of thioether (sulfide) groups is 1. The highest BCUT2D eigenvalue weighted by atomic mass is 32.2. The van der Waals surface area contributed by atoms with E-state index in [1.807, 2.05) is 12.3 Å². The van der Waals surface area contributed by atoms with Crippen LogP contribution < -0.4 is 0 Å². The van der Waals surface area contributed by atoms with Gasteiger partial charge < -0.3 is 4.74 Å². The van der Waals surface area contributed by atoms with Gasteiger partial charge in [-0.05, 0) is 12.3 Å². The van der Waals surface area contributed by atoms with Crippen molar-refractivity contribution in [3.63, 3.8) is 0 Å². The molecular weight excluding hydrogens is 272 g/mol. The molecule has 0 saturated carbocycles. The van der Waals surface area contributed by atoms with Gasteiger partial charge in [0.1, 0.15) is 5.94 Å². The molecule has 0 spiro atoms. The van der Waals surface area contributed by atoms with Crippen LogP contribution in [-0.2, 0) is 4.74 Å². The van der Waals surface area contributed by atoms with Crippen molar-refractivity contribution in [3.05, 3.63) is 71.3 Å². The van der Waals surface area contributed by atoms with E-state index in [1.165, 1.54) is 11.8 Å². The van der Waals surface area contributed by atoms with Gasteiger partial charge in [-0.15, -0.1) is 11.8 Å². The normalized spacial score (nSPS) is 10.1. The van der Waals surface area contributed by atoms with Gasteiger partial charge in [0.25, 0.3) is 0 Å². The summed E-state index contributed by atoms with van der Waals surface area (Å²) < 4.78 is 5.08. The average Bonchev–Trinajstić information content (AvgIpc) is 2.52. The third kappa shape index (κ3) is 3.27. The Kier molecular flexibility index (Phi) is 4.96. The molecule has 20 heavy (non-hydrogen) atoms. The lowest BCUT2D eigenvalue weighted by molar-refractivity contribution is 0.0576. The molecule has 0 unspecified atom stereocenters. The van der Waals surface area contributed by atoms with Gasteiger partial charge in [0, 0.05) is 11.1 Å². The van der Waals surface area contributed by atoms with Crippen LogP contribution in [-0.4, -0.2) is 23.9 Å². The molecule has 0 radical (unpaired) electrons. The molecular formula is C16H14O3S. The monoisotopic (exact) mass is 286 g/mol. The van der Waals surface area contributed by atoms with Crippen molar-refractivity contribution in [1.29, 1.82) is 0 Å². The first-order chi connectivity index (χ1) is 9.74. The van der Waals surface area contributed by atoms with Crippen molar-refractivity contribution in [2.24, 2.45) is 0 Å². The predicted molar refractivity (Wildman–Crippen MR) is 80.1 cm³/mol. The van der Waals surface area contributed by atoms with Gasteiger partial charge in [-0.3, -0.25) is 4.79 Å². The van der Waals surface area contributed by atoms with Crippen LogP contribution in [0.4, 0.5) is 0 Å². The maximum atomic E-state index is 12.4. The summed E-state index contributed by atoms with van der Waals surface area (Å²) in [5.41, 5.74) is 1.22. The molecule has 0 saturated heterocycles. The molecule has 0 aromatic heterocycles. The molecule has 0 atom stereocenters. The van der Waals surface area contributed by atoms with E-state index in [1.54, 1.807) is 48.5 Å². The van der Waals surface area contributed by atoms with Crippen LogP contribution in [0.5, 0.6) is 0 Å². The highest BCUT2D eigenvalue weighted by Crippen LogP contribution is 2.16. The molecule has 0 N–H and O–H groups in total. The fraction of sp³-hybridized carbons (Fsp3) is 0.125. The first-order valence-electron chi connectivity index (χ1n) is 6.09. The third-order valence-electron chi connectivity index (χ3n) is 2.74. The third-order valence-corrected chi connectivity index (χ3v) is 3.09. The summed E-state index contributed by atoms with van der Waals surface area (Å²) in [5.74, 6) is -0.381. The van der Waals surface area contributed by atoms with E-state index in [2.05, 4.69) is 0 Å². The van der Waals surface area contributed by atoms with Crippen LogP contribution >= 0.6 is 11.8 Å². The maximum Gasteiger partial charge on any atom is 0.339 e. The number of rotatable bonds is 5. The van der Waals surface area contributed by atoms with Gasteiger partial charge in [-0.25, -0.2) is 4.79 Å². The molecule has 0 aliphatic carbocycles. The number of benzene rings is 2. The van der Waals surface area contributed by atoms with E-state index in [-0.39, 0.29) is 11.7 Å². The van der Waals surface area contributed by atoms with Crippen molar-refractivity contribution < 1.29 is 14.3 Å². The quantitative estimate of drug-likeness (QED) is 0.480. The predicted octanol–water partition coefficient (Wildman–Crippen LogP) is 3.39. The molecule has 2 aromatic rings. The zero-order valence-corrected chi connectivity index (χ0v) is 11.9. The van der Waals surface area contributed by atoms with Crippen LogP contribution in [0.1, 0.15) is 26.3 Å². The Labute approximate surface area is 122 Å². The molecule has 102 valence electrons. The van der Waals surface area contributed by atoms with E-state index < -0.39 is 5.97 Å². The van der Waals surface area contributed by atoms with Crippen LogP contribution in [0.15, 0.2) is 54.6 Å². The molecule has 3 nitrogen and oxygen atoms in total. The largest absolute Gasteiger partial charge is 0.451 e. The van der Waals surface area contributed by atoms with Crippen LogP contribution in [0.3, 0.4) is 0 Å². The minimum atomic E-state index is -0.473. The molecule has 0 fully saturated rings. The van der Waals surface area contributed by atoms with Gasteiger partial charge in [-0.2, -0.15) is 0 Å². The second-order valence-corrected chi connectivity index (χ2v) is 4.89. The zero-order valence-electron chi connectivity index (χ0n) is 11.0. The Balaban J connectivity index is 2.33. The first-order valence-corrected chi connectivity index (χ1v) is 7.48. The smallest absolute Gasteiger partial charge is 0.339 e. The standard InChI is InChI=1S/C16H14O3S/c1-20-11-19-16(18)14-10-6-5-9-13(14)15(17)12-7-3-2-4-8-12/h2-10H,11H2,1H3. The lowest BCUT2D eigenvalue weighted by atomic mass is 9.98. The molecule has 2 rings (SSSR count). The minimum Gasteiger partial charge on any atom is -0.451 e. The number of hydrogen-bond acceptors (Lipinski definition) is 4. The van der Waals surface area contributed by atoms with Gasteiger partial charge >= 0.3 is 5.97 Å². The van der Waals surface area contributed by atoms with Crippen LogP contribution in [0.25, 0.3) is 0 Å². The van der Waals surface area contributed by atoms with E-state index in [4.69, 9.17) is 4.74 Å². The highest BCUT2D eigenvalue weighted by Gasteiger charge is 2.18. The Hall–Kier alpha value is -2.07. The van der Waals surface area contributed by atoms with Gasteiger partial charge in [0.15, 0.2) is 5.78 Å². The summed E-state index contributed by atoms with van der Waals surface area (Å²) in [6.07, 6.45) is 1.84. The summed E-state index contributed by atoms with van der Waals surface area (Å²) in [6, 6.07) is 15.6. The Morgan fingerprint density at radius 1 is 0.950 bits per heavy atom. The van der Waals surface area contributed by atoms with Crippen LogP contribution in [0.2, 0.25) is 0 Å². The van der Waals surface area contributed by atoms with Crippen molar-refractivity contribution in [2.45, 2.75) is 0 Å². The summed E-state index contributed by atoms with van der Waals surface area (Å²) >= 11 is 1.41. The summed E-state index contributed by atoms with van der Waals surface area (Å²) in [4.78, 5) is 24.4. The van der Waals surface area contributed by atoms with Crippen molar-refractivity contribution in [3.8, 4) is 0 Å². The fourth-order valence-corrected chi connectivity index (χ4v) is 2.02. The Morgan fingerprint density at radius 2 is 1.55 bits per heavy atom. The summed E-state index contributed by atoms with van der Waals surface area (Å²) in [7, 11) is 0. The number of ether oxygens (including phenoxy) is 1. The van der Waals surface area contributed by atoms with E-state index in [0.29, 0.717) is 16.7 Å². The molecule has 0 heterocycles. The molecule has 0 aliphatic rings. The van der Waals surface area contributed by atoms with Gasteiger partial charge in [0.05, 0.1) is 5.56 Å². The van der Waals surface area contributed by atoms with Gasteiger partial charge in [-0.1, -0.05) is 48.5 Å². The highest BCUT2D eigenvalue weighted by molar-refractivity contribution is 7.98. The average molecular weight is 286 g/mol. The van der Waals surface area contributed by atoms with Crippen LogP contribution in [0, 0.1) is 0 Å². The maximum absolute atomic E-state index is 12.4. The summed E-state index contributed by atoms with van der Waals surface area (Å²) in [5, 5.41) is 0.